The highest BCUT2D eigenvalue weighted by atomic mass is 13.8. The molecule has 0 heterocycles. The molecule has 0 bridgehead atoms. The number of unbranched alkanes of at least 4 members (excludes halogenated alkanes) is 2. The van der Waals surface area contributed by atoms with Crippen molar-refractivity contribution >= 4 is 0 Å². The maximum Gasteiger partial charge on any atom is -0.0169 e. The monoisotopic (exact) mass is 192 g/mol. The lowest BCUT2D eigenvalue weighted by atomic mass is 10.2. The van der Waals surface area contributed by atoms with Crippen molar-refractivity contribution < 1.29 is 0 Å². The van der Waals surface area contributed by atoms with Gasteiger partial charge in [0.25, 0.3) is 0 Å². The summed E-state index contributed by atoms with van der Waals surface area (Å²) < 4.78 is 0. The minimum Gasteiger partial charge on any atom is -0.0882 e. The van der Waals surface area contributed by atoms with Crippen LogP contribution in [0.4, 0.5) is 0 Å². The zero-order valence-electron chi connectivity index (χ0n) is 9.71. The van der Waals surface area contributed by atoms with Crippen LogP contribution in [0.25, 0.3) is 0 Å². The summed E-state index contributed by atoms with van der Waals surface area (Å²) in [6.07, 6.45) is 20.6. The highest BCUT2D eigenvalue weighted by Crippen LogP contribution is 1.95. The first kappa shape index (κ1) is 13.2. The molecule has 0 aliphatic heterocycles. The van der Waals surface area contributed by atoms with Gasteiger partial charge in [0, 0.05) is 0 Å². The fraction of sp³-hybridized carbons (Fsp3) is 0.571. The van der Waals surface area contributed by atoms with E-state index < -0.39 is 0 Å². The van der Waals surface area contributed by atoms with Crippen molar-refractivity contribution in [3.05, 3.63) is 36.5 Å². The maximum atomic E-state index is 2.26. The Bertz CT molecular complexity index is 152. The Morgan fingerprint density at radius 1 is 0.571 bits per heavy atom. The molecule has 0 saturated heterocycles. The van der Waals surface area contributed by atoms with Gasteiger partial charge in [0.1, 0.15) is 0 Å². The Morgan fingerprint density at radius 2 is 0.929 bits per heavy atom. The standard InChI is InChI=1S/C14H24/c1-3-5-7-9-11-13-14-12-10-8-6-4-2/h7-10,13-14H,3-6,11-12H2,1-2H3/b9-7-,10-8?,14-13?. The third kappa shape index (κ3) is 11.2. The number of hydrogen-bond donors (Lipinski definition) is 0. The van der Waals surface area contributed by atoms with Gasteiger partial charge in [-0.25, -0.2) is 0 Å². The SMILES string of the molecule is CCCC=CCC=CC/C=C\CCC. The van der Waals surface area contributed by atoms with Crippen LogP contribution < -0.4 is 0 Å². The molecule has 0 amide bonds. The van der Waals surface area contributed by atoms with E-state index in [4.69, 9.17) is 0 Å². The summed E-state index contributed by atoms with van der Waals surface area (Å²) in [5, 5.41) is 0. The lowest BCUT2D eigenvalue weighted by molar-refractivity contribution is 0.953. The Hall–Kier alpha value is -0.780. The molecule has 0 nitrogen and oxygen atoms in total. The van der Waals surface area contributed by atoms with Gasteiger partial charge < -0.3 is 0 Å². The summed E-state index contributed by atoms with van der Waals surface area (Å²) in [6, 6.07) is 0. The molecule has 0 aromatic rings. The molecule has 0 aromatic carbocycles. The zero-order valence-corrected chi connectivity index (χ0v) is 9.71. The topological polar surface area (TPSA) is 0 Å². The molecule has 0 N–H and O–H groups in total. The van der Waals surface area contributed by atoms with Gasteiger partial charge in [-0.3, -0.25) is 0 Å². The molecule has 0 aromatic heterocycles. The maximum absolute atomic E-state index is 2.26. The van der Waals surface area contributed by atoms with Crippen LogP contribution in [0.15, 0.2) is 36.5 Å². The molecule has 0 fully saturated rings. The fourth-order valence-corrected chi connectivity index (χ4v) is 1.11. The van der Waals surface area contributed by atoms with Gasteiger partial charge in [-0.1, -0.05) is 63.1 Å². The summed E-state index contributed by atoms with van der Waals surface area (Å²) in [7, 11) is 0. The number of hydrogen-bond acceptors (Lipinski definition) is 0. The van der Waals surface area contributed by atoms with Crippen molar-refractivity contribution in [1.82, 2.24) is 0 Å². The normalized spacial score (nSPS) is 12.4. The molecule has 80 valence electrons. The second kappa shape index (κ2) is 12.2. The zero-order chi connectivity index (χ0) is 10.5. The molecule has 0 rings (SSSR count). The summed E-state index contributed by atoms with van der Waals surface area (Å²) in [6.45, 7) is 4.41. The lowest BCUT2D eigenvalue weighted by Gasteiger charge is -1.85. The Kier molecular flexibility index (Phi) is 11.5. The molecule has 0 radical (unpaired) electrons. The van der Waals surface area contributed by atoms with Crippen LogP contribution in [0.5, 0.6) is 0 Å². The molecule has 14 heavy (non-hydrogen) atoms. The van der Waals surface area contributed by atoms with Gasteiger partial charge in [-0.15, -0.1) is 0 Å². The average molecular weight is 192 g/mol. The largest absolute Gasteiger partial charge is 0.0882 e. The molecule has 0 saturated carbocycles. The lowest BCUT2D eigenvalue weighted by Crippen LogP contribution is -1.64. The predicted molar refractivity (Wildman–Crippen MR) is 66.5 cm³/mol. The van der Waals surface area contributed by atoms with Crippen molar-refractivity contribution in [3.8, 4) is 0 Å². The molecule has 0 atom stereocenters. The van der Waals surface area contributed by atoms with Crippen molar-refractivity contribution in [2.24, 2.45) is 0 Å². The summed E-state index contributed by atoms with van der Waals surface area (Å²) >= 11 is 0. The highest BCUT2D eigenvalue weighted by molar-refractivity contribution is 4.96. The molecule has 0 heteroatoms. The second-order valence-corrected chi connectivity index (χ2v) is 3.46. The minimum absolute atomic E-state index is 1.08. The van der Waals surface area contributed by atoms with Crippen LogP contribution in [-0.2, 0) is 0 Å². The second-order valence-electron chi connectivity index (χ2n) is 3.46. The first-order valence-corrected chi connectivity index (χ1v) is 5.86. The van der Waals surface area contributed by atoms with Crippen molar-refractivity contribution in [2.45, 2.75) is 52.4 Å². The van der Waals surface area contributed by atoms with E-state index in [2.05, 4.69) is 50.3 Å². The Labute approximate surface area is 89.4 Å². The highest BCUT2D eigenvalue weighted by Gasteiger charge is 1.74. The smallest absolute Gasteiger partial charge is 0.0169 e. The van der Waals surface area contributed by atoms with Crippen molar-refractivity contribution in [1.29, 1.82) is 0 Å². The van der Waals surface area contributed by atoms with Gasteiger partial charge >= 0.3 is 0 Å². The van der Waals surface area contributed by atoms with E-state index in [1.807, 2.05) is 0 Å². The quantitative estimate of drug-likeness (QED) is 0.473. The van der Waals surface area contributed by atoms with E-state index in [1.54, 1.807) is 0 Å². The van der Waals surface area contributed by atoms with E-state index in [1.165, 1.54) is 25.7 Å². The van der Waals surface area contributed by atoms with Gasteiger partial charge in [0.15, 0.2) is 0 Å². The van der Waals surface area contributed by atoms with E-state index in [-0.39, 0.29) is 0 Å². The van der Waals surface area contributed by atoms with Gasteiger partial charge in [-0.05, 0) is 25.7 Å². The third-order valence-corrected chi connectivity index (χ3v) is 1.96. The van der Waals surface area contributed by atoms with Gasteiger partial charge in [-0.2, -0.15) is 0 Å². The third-order valence-electron chi connectivity index (χ3n) is 1.96. The Morgan fingerprint density at radius 3 is 1.29 bits per heavy atom. The average Bonchev–Trinajstić information content (AvgIpc) is 2.21. The molecule has 0 aliphatic rings. The van der Waals surface area contributed by atoms with Crippen LogP contribution in [0, 0.1) is 0 Å². The molecule has 0 spiro atoms. The van der Waals surface area contributed by atoms with Crippen LogP contribution in [0.3, 0.4) is 0 Å². The van der Waals surface area contributed by atoms with E-state index in [9.17, 15) is 0 Å². The fourth-order valence-electron chi connectivity index (χ4n) is 1.11. The first-order valence-electron chi connectivity index (χ1n) is 5.86. The molecule has 0 aliphatic carbocycles. The summed E-state index contributed by atoms with van der Waals surface area (Å²) in [5.41, 5.74) is 0. The van der Waals surface area contributed by atoms with E-state index in [0.29, 0.717) is 0 Å². The number of rotatable bonds is 8. The van der Waals surface area contributed by atoms with Gasteiger partial charge in [0.2, 0.25) is 0 Å². The van der Waals surface area contributed by atoms with Crippen LogP contribution in [0.1, 0.15) is 52.4 Å². The van der Waals surface area contributed by atoms with Crippen LogP contribution >= 0.6 is 0 Å². The predicted octanol–water partition coefficient (Wildman–Crippen LogP) is 5.04. The van der Waals surface area contributed by atoms with E-state index >= 15 is 0 Å². The molecular weight excluding hydrogens is 168 g/mol. The summed E-state index contributed by atoms with van der Waals surface area (Å²) in [4.78, 5) is 0. The number of allylic oxidation sites excluding steroid dienone is 6. The first-order chi connectivity index (χ1) is 6.91. The van der Waals surface area contributed by atoms with Crippen LogP contribution in [-0.4, -0.2) is 0 Å². The van der Waals surface area contributed by atoms with Crippen molar-refractivity contribution in [2.75, 3.05) is 0 Å². The molecule has 0 unspecified atom stereocenters. The van der Waals surface area contributed by atoms with E-state index in [0.717, 1.165) is 12.8 Å². The molecular formula is C14H24. The van der Waals surface area contributed by atoms with Gasteiger partial charge in [0.05, 0.1) is 0 Å². The van der Waals surface area contributed by atoms with Crippen molar-refractivity contribution in [3.63, 3.8) is 0 Å². The van der Waals surface area contributed by atoms with Crippen LogP contribution in [0.2, 0.25) is 0 Å². The Balaban J connectivity index is 3.27. The minimum atomic E-state index is 1.08. The summed E-state index contributed by atoms with van der Waals surface area (Å²) in [5.74, 6) is 0.